The molecule has 0 atom stereocenters. The van der Waals surface area contributed by atoms with Gasteiger partial charge in [-0.05, 0) is 43.2 Å². The predicted molar refractivity (Wildman–Crippen MR) is 103 cm³/mol. The highest BCUT2D eigenvalue weighted by Gasteiger charge is 2.15. The predicted octanol–water partition coefficient (Wildman–Crippen LogP) is 3.70. The standard InChI is InChI=1S/C20H16N2O3S/c1-11-8-9-16-17(12(11)2)22(3)20(26-16)21-19(24)14-10-25-15-7-5-4-6-13(15)18(14)23/h4-10H,1-3H3. The third kappa shape index (κ3) is 2.50. The van der Waals surface area contributed by atoms with Gasteiger partial charge in [0.15, 0.2) is 4.80 Å². The Kier molecular flexibility index (Phi) is 3.85. The highest BCUT2D eigenvalue weighted by atomic mass is 32.1. The minimum Gasteiger partial charge on any atom is -0.463 e. The average Bonchev–Trinajstić information content (AvgIpc) is 2.95. The fraction of sp³-hybridized carbons (Fsp3) is 0.150. The van der Waals surface area contributed by atoms with Gasteiger partial charge in [0.1, 0.15) is 17.4 Å². The average molecular weight is 364 g/mol. The second-order valence-electron chi connectivity index (χ2n) is 6.19. The van der Waals surface area contributed by atoms with Crippen molar-refractivity contribution in [2.75, 3.05) is 0 Å². The molecular weight excluding hydrogens is 348 g/mol. The maximum absolute atomic E-state index is 12.6. The molecule has 0 fully saturated rings. The molecule has 2 heterocycles. The molecule has 0 N–H and O–H groups in total. The third-order valence-corrected chi connectivity index (χ3v) is 5.69. The quantitative estimate of drug-likeness (QED) is 0.517. The van der Waals surface area contributed by atoms with Crippen molar-refractivity contribution in [3.8, 4) is 0 Å². The minimum atomic E-state index is -0.596. The molecular formula is C20H16N2O3S. The van der Waals surface area contributed by atoms with Crippen LogP contribution < -0.4 is 10.2 Å². The van der Waals surface area contributed by atoms with Gasteiger partial charge >= 0.3 is 0 Å². The molecule has 0 aliphatic heterocycles. The molecule has 0 unspecified atom stereocenters. The Balaban J connectivity index is 1.90. The van der Waals surface area contributed by atoms with Crippen LogP contribution in [-0.2, 0) is 7.05 Å². The first-order chi connectivity index (χ1) is 12.5. The number of para-hydroxylation sites is 1. The summed E-state index contributed by atoms with van der Waals surface area (Å²) in [6.07, 6.45) is 1.19. The lowest BCUT2D eigenvalue weighted by Crippen LogP contribution is -2.18. The largest absolute Gasteiger partial charge is 0.463 e. The topological polar surface area (TPSA) is 64.6 Å². The molecule has 0 saturated carbocycles. The number of thiazole rings is 1. The van der Waals surface area contributed by atoms with Crippen molar-refractivity contribution >= 4 is 38.4 Å². The van der Waals surface area contributed by atoms with Gasteiger partial charge in [0.25, 0.3) is 5.91 Å². The number of amides is 1. The highest BCUT2D eigenvalue weighted by Crippen LogP contribution is 2.23. The van der Waals surface area contributed by atoms with Gasteiger partial charge in [0, 0.05) is 7.05 Å². The van der Waals surface area contributed by atoms with E-state index in [4.69, 9.17) is 4.42 Å². The van der Waals surface area contributed by atoms with Crippen molar-refractivity contribution in [3.63, 3.8) is 0 Å². The number of carbonyl (C=O) groups excluding carboxylic acids is 1. The van der Waals surface area contributed by atoms with Crippen molar-refractivity contribution in [1.82, 2.24) is 4.57 Å². The number of rotatable bonds is 1. The van der Waals surface area contributed by atoms with E-state index in [-0.39, 0.29) is 11.0 Å². The first kappa shape index (κ1) is 16.5. The summed E-state index contributed by atoms with van der Waals surface area (Å²) in [6.45, 7) is 4.10. The van der Waals surface area contributed by atoms with E-state index in [0.717, 1.165) is 15.8 Å². The number of carbonyl (C=O) groups is 1. The van der Waals surface area contributed by atoms with Crippen LogP contribution in [0.25, 0.3) is 21.2 Å². The zero-order chi connectivity index (χ0) is 18.4. The molecule has 0 aliphatic carbocycles. The zero-order valence-electron chi connectivity index (χ0n) is 14.6. The first-order valence-corrected chi connectivity index (χ1v) is 8.94. The van der Waals surface area contributed by atoms with Gasteiger partial charge in [-0.1, -0.05) is 29.5 Å². The second kappa shape index (κ2) is 6.07. The van der Waals surface area contributed by atoms with Crippen LogP contribution >= 0.6 is 11.3 Å². The molecule has 2 aromatic heterocycles. The van der Waals surface area contributed by atoms with Crippen LogP contribution in [0.2, 0.25) is 0 Å². The second-order valence-corrected chi connectivity index (χ2v) is 7.20. The smallest absolute Gasteiger partial charge is 0.286 e. The first-order valence-electron chi connectivity index (χ1n) is 8.12. The lowest BCUT2D eigenvalue weighted by atomic mass is 10.1. The molecule has 1 amide bonds. The van der Waals surface area contributed by atoms with Crippen molar-refractivity contribution < 1.29 is 9.21 Å². The normalized spacial score (nSPS) is 12.2. The Morgan fingerprint density at radius 3 is 2.73 bits per heavy atom. The van der Waals surface area contributed by atoms with Crippen LogP contribution in [0.15, 0.2) is 56.9 Å². The summed E-state index contributed by atoms with van der Waals surface area (Å²) >= 11 is 1.42. The molecule has 0 saturated heterocycles. The number of hydrogen-bond acceptors (Lipinski definition) is 4. The van der Waals surface area contributed by atoms with Gasteiger partial charge in [-0.3, -0.25) is 9.59 Å². The van der Waals surface area contributed by atoms with Gasteiger partial charge < -0.3 is 8.98 Å². The van der Waals surface area contributed by atoms with E-state index in [0.29, 0.717) is 15.8 Å². The van der Waals surface area contributed by atoms with Crippen LogP contribution in [0.4, 0.5) is 0 Å². The highest BCUT2D eigenvalue weighted by molar-refractivity contribution is 7.16. The molecule has 5 nitrogen and oxygen atoms in total. The van der Waals surface area contributed by atoms with Gasteiger partial charge in [0.2, 0.25) is 5.43 Å². The molecule has 0 spiro atoms. The summed E-state index contributed by atoms with van der Waals surface area (Å²) in [7, 11) is 1.88. The van der Waals surface area contributed by atoms with Crippen LogP contribution in [0.5, 0.6) is 0 Å². The van der Waals surface area contributed by atoms with E-state index in [9.17, 15) is 9.59 Å². The van der Waals surface area contributed by atoms with Crippen molar-refractivity contribution in [2.45, 2.75) is 13.8 Å². The van der Waals surface area contributed by atoms with E-state index in [1.54, 1.807) is 24.3 Å². The Labute approximate surface area is 152 Å². The fourth-order valence-electron chi connectivity index (χ4n) is 3.01. The zero-order valence-corrected chi connectivity index (χ0v) is 15.4. The molecule has 0 aliphatic rings. The van der Waals surface area contributed by atoms with E-state index in [1.165, 1.54) is 23.2 Å². The third-order valence-electron chi connectivity index (χ3n) is 4.60. The monoisotopic (exact) mass is 364 g/mol. The Morgan fingerprint density at radius 1 is 1.15 bits per heavy atom. The molecule has 4 aromatic rings. The fourth-order valence-corrected chi connectivity index (χ4v) is 4.08. The van der Waals surface area contributed by atoms with Gasteiger partial charge in [-0.15, -0.1) is 0 Å². The molecule has 2 aromatic carbocycles. The number of fused-ring (bicyclic) bond motifs is 2. The van der Waals surface area contributed by atoms with Crippen LogP contribution in [0.3, 0.4) is 0 Å². The maximum Gasteiger partial charge on any atom is 0.286 e. The lowest BCUT2D eigenvalue weighted by molar-refractivity contribution is 0.0995. The van der Waals surface area contributed by atoms with Crippen molar-refractivity contribution in [3.05, 3.63) is 74.4 Å². The van der Waals surface area contributed by atoms with Crippen LogP contribution in [0, 0.1) is 13.8 Å². The van der Waals surface area contributed by atoms with Crippen LogP contribution in [0.1, 0.15) is 21.5 Å². The summed E-state index contributed by atoms with van der Waals surface area (Å²) in [6, 6.07) is 10.9. The molecule has 4 rings (SSSR count). The molecule has 26 heavy (non-hydrogen) atoms. The van der Waals surface area contributed by atoms with Gasteiger partial charge in [0.05, 0.1) is 15.6 Å². The Hall–Kier alpha value is -2.99. The van der Waals surface area contributed by atoms with Gasteiger partial charge in [-0.2, -0.15) is 4.99 Å². The molecule has 6 heteroatoms. The summed E-state index contributed by atoms with van der Waals surface area (Å²) < 4.78 is 8.36. The van der Waals surface area contributed by atoms with E-state index < -0.39 is 5.91 Å². The summed E-state index contributed by atoms with van der Waals surface area (Å²) in [4.78, 5) is 29.9. The van der Waals surface area contributed by atoms with E-state index in [1.807, 2.05) is 24.6 Å². The van der Waals surface area contributed by atoms with Crippen molar-refractivity contribution in [1.29, 1.82) is 0 Å². The summed E-state index contributed by atoms with van der Waals surface area (Å²) in [5.74, 6) is -0.596. The molecule has 130 valence electrons. The Bertz CT molecular complexity index is 1310. The minimum absolute atomic E-state index is 0.0611. The van der Waals surface area contributed by atoms with Crippen LogP contribution in [-0.4, -0.2) is 10.5 Å². The number of benzene rings is 2. The maximum atomic E-state index is 12.6. The SMILES string of the molecule is Cc1ccc2sc(=NC(=O)c3coc4ccccc4c3=O)n(C)c2c1C. The van der Waals surface area contributed by atoms with Crippen molar-refractivity contribution in [2.24, 2.45) is 12.0 Å². The number of nitrogens with zero attached hydrogens (tertiary/aromatic N) is 2. The van der Waals surface area contributed by atoms with E-state index >= 15 is 0 Å². The number of aryl methyl sites for hydroxylation is 3. The number of hydrogen-bond donors (Lipinski definition) is 0. The molecule has 0 radical (unpaired) electrons. The summed E-state index contributed by atoms with van der Waals surface area (Å²) in [5, 5.41) is 0.376. The lowest BCUT2D eigenvalue weighted by Gasteiger charge is -2.03. The van der Waals surface area contributed by atoms with E-state index in [2.05, 4.69) is 18.0 Å². The van der Waals surface area contributed by atoms with Gasteiger partial charge in [-0.25, -0.2) is 0 Å². The number of aromatic nitrogens is 1. The Morgan fingerprint density at radius 2 is 1.92 bits per heavy atom. The molecule has 0 bridgehead atoms. The summed E-state index contributed by atoms with van der Waals surface area (Å²) in [5.41, 5.74) is 3.41.